The maximum absolute atomic E-state index is 12.2. The van der Waals surface area contributed by atoms with Crippen molar-refractivity contribution in [3.05, 3.63) is 16.6 Å². The standard InChI is InChI=1S/C12H21N3O2S2/c1-2-11(12-14-7-8-18-12)15-19(16,17)9-10-5-3-4-6-13-10/h7-8,10-11,13,15H,2-6,9H2,1H3. The van der Waals surface area contributed by atoms with E-state index in [1.165, 1.54) is 11.3 Å². The van der Waals surface area contributed by atoms with Crippen molar-refractivity contribution in [1.82, 2.24) is 15.0 Å². The van der Waals surface area contributed by atoms with Gasteiger partial charge in [0, 0.05) is 17.6 Å². The summed E-state index contributed by atoms with van der Waals surface area (Å²) in [4.78, 5) is 4.19. The van der Waals surface area contributed by atoms with Crippen LogP contribution in [0.5, 0.6) is 0 Å². The van der Waals surface area contributed by atoms with Gasteiger partial charge in [0.15, 0.2) is 0 Å². The minimum atomic E-state index is -3.26. The average Bonchev–Trinajstić information content (AvgIpc) is 2.90. The Balaban J connectivity index is 1.95. The van der Waals surface area contributed by atoms with Crippen molar-refractivity contribution < 1.29 is 8.42 Å². The van der Waals surface area contributed by atoms with Crippen molar-refractivity contribution in [2.24, 2.45) is 0 Å². The Bertz CT molecular complexity index is 467. The first-order valence-corrected chi connectivity index (χ1v) is 9.26. The Labute approximate surface area is 118 Å². The molecule has 2 unspecified atom stereocenters. The fourth-order valence-corrected chi connectivity index (χ4v) is 4.78. The SMILES string of the molecule is CCC(NS(=O)(=O)CC1CCCCN1)c1nccs1. The second-order valence-electron chi connectivity index (χ2n) is 4.88. The highest BCUT2D eigenvalue weighted by Crippen LogP contribution is 2.20. The molecule has 2 rings (SSSR count). The van der Waals surface area contributed by atoms with Crippen LogP contribution in [0.3, 0.4) is 0 Å². The van der Waals surface area contributed by atoms with E-state index >= 15 is 0 Å². The molecule has 1 aromatic rings. The van der Waals surface area contributed by atoms with Crippen LogP contribution in [-0.2, 0) is 10.0 Å². The molecule has 1 fully saturated rings. The van der Waals surface area contributed by atoms with Crippen molar-refractivity contribution in [3.63, 3.8) is 0 Å². The van der Waals surface area contributed by atoms with E-state index in [1.54, 1.807) is 6.20 Å². The molecule has 19 heavy (non-hydrogen) atoms. The van der Waals surface area contributed by atoms with Crippen LogP contribution in [0, 0.1) is 0 Å². The van der Waals surface area contributed by atoms with E-state index in [4.69, 9.17) is 0 Å². The summed E-state index contributed by atoms with van der Waals surface area (Å²) >= 11 is 1.49. The molecule has 2 atom stereocenters. The van der Waals surface area contributed by atoms with Gasteiger partial charge in [0.25, 0.3) is 0 Å². The van der Waals surface area contributed by atoms with Crippen molar-refractivity contribution in [3.8, 4) is 0 Å². The molecule has 0 spiro atoms. The van der Waals surface area contributed by atoms with Crippen molar-refractivity contribution in [2.45, 2.75) is 44.7 Å². The van der Waals surface area contributed by atoms with Crippen LogP contribution >= 0.6 is 11.3 Å². The summed E-state index contributed by atoms with van der Waals surface area (Å²) in [6, 6.07) is -0.117. The number of aromatic nitrogens is 1. The maximum Gasteiger partial charge on any atom is 0.213 e. The summed E-state index contributed by atoms with van der Waals surface area (Å²) in [5, 5.41) is 5.97. The van der Waals surface area contributed by atoms with Crippen LogP contribution in [0.4, 0.5) is 0 Å². The third-order valence-electron chi connectivity index (χ3n) is 3.31. The zero-order valence-corrected chi connectivity index (χ0v) is 12.8. The lowest BCUT2D eigenvalue weighted by Crippen LogP contribution is -2.43. The fourth-order valence-electron chi connectivity index (χ4n) is 2.31. The summed E-state index contributed by atoms with van der Waals surface area (Å²) in [5.74, 6) is 0.162. The van der Waals surface area contributed by atoms with Crippen LogP contribution in [-0.4, -0.2) is 31.7 Å². The topological polar surface area (TPSA) is 71.1 Å². The summed E-state index contributed by atoms with van der Waals surface area (Å²) in [6.45, 7) is 2.89. The van der Waals surface area contributed by atoms with E-state index in [1.807, 2.05) is 12.3 Å². The zero-order chi connectivity index (χ0) is 13.7. The fraction of sp³-hybridized carbons (Fsp3) is 0.750. The van der Waals surface area contributed by atoms with Gasteiger partial charge in [-0.05, 0) is 25.8 Å². The van der Waals surface area contributed by atoms with Gasteiger partial charge in [0.2, 0.25) is 10.0 Å². The minimum absolute atomic E-state index is 0.0834. The van der Waals surface area contributed by atoms with Gasteiger partial charge in [0.05, 0.1) is 11.8 Å². The summed E-state index contributed by atoms with van der Waals surface area (Å²) in [7, 11) is -3.26. The quantitative estimate of drug-likeness (QED) is 0.838. The molecular formula is C12H21N3O2S2. The van der Waals surface area contributed by atoms with Gasteiger partial charge >= 0.3 is 0 Å². The molecule has 2 N–H and O–H groups in total. The normalized spacial score (nSPS) is 22.3. The molecule has 1 aromatic heterocycles. The Kier molecular flexibility index (Phi) is 5.32. The van der Waals surface area contributed by atoms with Crippen LogP contribution in [0.25, 0.3) is 0 Å². The number of nitrogens with zero attached hydrogens (tertiary/aromatic N) is 1. The van der Waals surface area contributed by atoms with Crippen LogP contribution in [0.2, 0.25) is 0 Å². The maximum atomic E-state index is 12.2. The van der Waals surface area contributed by atoms with Crippen molar-refractivity contribution in [1.29, 1.82) is 0 Å². The molecule has 2 heterocycles. The molecular weight excluding hydrogens is 282 g/mol. The molecule has 0 aromatic carbocycles. The lowest BCUT2D eigenvalue weighted by molar-refractivity contribution is 0.421. The molecule has 0 amide bonds. The van der Waals surface area contributed by atoms with Gasteiger partial charge in [-0.25, -0.2) is 18.1 Å². The Morgan fingerprint density at radius 1 is 1.58 bits per heavy atom. The van der Waals surface area contributed by atoms with E-state index < -0.39 is 10.0 Å². The van der Waals surface area contributed by atoms with Crippen molar-refractivity contribution >= 4 is 21.4 Å². The van der Waals surface area contributed by atoms with E-state index in [0.29, 0.717) is 6.42 Å². The highest BCUT2D eigenvalue weighted by atomic mass is 32.2. The number of sulfonamides is 1. The van der Waals surface area contributed by atoms with Gasteiger partial charge in [0.1, 0.15) is 5.01 Å². The van der Waals surface area contributed by atoms with E-state index in [-0.39, 0.29) is 17.8 Å². The molecule has 1 aliphatic rings. The number of piperidine rings is 1. The van der Waals surface area contributed by atoms with Gasteiger partial charge in [-0.1, -0.05) is 13.3 Å². The van der Waals surface area contributed by atoms with E-state index in [2.05, 4.69) is 15.0 Å². The Morgan fingerprint density at radius 3 is 3.00 bits per heavy atom. The second kappa shape index (κ2) is 6.78. The van der Waals surface area contributed by atoms with Gasteiger partial charge < -0.3 is 5.32 Å². The molecule has 7 heteroatoms. The number of rotatable bonds is 6. The molecule has 1 aliphatic heterocycles. The van der Waals surface area contributed by atoms with Crippen LogP contribution in [0.1, 0.15) is 43.7 Å². The minimum Gasteiger partial charge on any atom is -0.313 e. The third kappa shape index (κ3) is 4.52. The summed E-state index contributed by atoms with van der Waals surface area (Å²) in [6.07, 6.45) is 5.61. The smallest absolute Gasteiger partial charge is 0.213 e. The number of hydrogen-bond donors (Lipinski definition) is 2. The Morgan fingerprint density at radius 2 is 2.42 bits per heavy atom. The number of nitrogens with one attached hydrogen (secondary N) is 2. The summed E-state index contributed by atoms with van der Waals surface area (Å²) < 4.78 is 27.2. The highest BCUT2D eigenvalue weighted by Gasteiger charge is 2.24. The third-order valence-corrected chi connectivity index (χ3v) is 5.69. The molecule has 0 saturated carbocycles. The van der Waals surface area contributed by atoms with E-state index in [0.717, 1.165) is 30.8 Å². The van der Waals surface area contributed by atoms with Crippen LogP contribution < -0.4 is 10.0 Å². The van der Waals surface area contributed by atoms with Gasteiger partial charge in [-0.2, -0.15) is 0 Å². The van der Waals surface area contributed by atoms with Gasteiger partial charge in [-0.15, -0.1) is 11.3 Å². The predicted molar refractivity (Wildman–Crippen MR) is 77.7 cm³/mol. The lowest BCUT2D eigenvalue weighted by Gasteiger charge is -2.24. The lowest BCUT2D eigenvalue weighted by atomic mass is 10.1. The summed E-state index contributed by atoms with van der Waals surface area (Å²) in [5.41, 5.74) is 0. The van der Waals surface area contributed by atoms with Crippen LogP contribution in [0.15, 0.2) is 11.6 Å². The molecule has 5 nitrogen and oxygen atoms in total. The van der Waals surface area contributed by atoms with Gasteiger partial charge in [-0.3, -0.25) is 0 Å². The van der Waals surface area contributed by atoms with E-state index in [9.17, 15) is 8.42 Å². The molecule has 0 aliphatic carbocycles. The largest absolute Gasteiger partial charge is 0.313 e. The molecule has 0 bridgehead atoms. The molecule has 0 radical (unpaired) electrons. The Hall–Kier alpha value is -0.500. The number of thiazole rings is 1. The number of hydrogen-bond acceptors (Lipinski definition) is 5. The monoisotopic (exact) mass is 303 g/mol. The first-order chi connectivity index (χ1) is 9.11. The predicted octanol–water partition coefficient (Wildman–Crippen LogP) is 1.66. The van der Waals surface area contributed by atoms with Crippen molar-refractivity contribution in [2.75, 3.05) is 12.3 Å². The zero-order valence-electron chi connectivity index (χ0n) is 11.1. The second-order valence-corrected chi connectivity index (χ2v) is 7.60. The average molecular weight is 303 g/mol. The molecule has 1 saturated heterocycles. The highest BCUT2D eigenvalue weighted by molar-refractivity contribution is 7.89. The first-order valence-electron chi connectivity index (χ1n) is 6.73. The first kappa shape index (κ1) is 14.9. The molecule has 108 valence electrons.